The van der Waals surface area contributed by atoms with Crippen LogP contribution in [0.3, 0.4) is 0 Å². The molecule has 0 aromatic carbocycles. The van der Waals surface area contributed by atoms with Gasteiger partial charge in [0, 0.05) is 18.5 Å². The van der Waals surface area contributed by atoms with E-state index in [4.69, 9.17) is 35.3 Å². The predicted molar refractivity (Wildman–Crippen MR) is 148 cm³/mol. The molecule has 4 saturated heterocycles. The molecule has 0 aromatic heterocycles. The number of rotatable bonds is 5. The number of nitrogens with zero attached hydrogens (tertiary/aromatic N) is 2. The summed E-state index contributed by atoms with van der Waals surface area (Å²) in [5, 5.41) is 14.0. The number of ketones is 1. The topological polar surface area (TPSA) is 136 Å². The Bertz CT molecular complexity index is 1200. The molecule has 222 valence electrons. The van der Waals surface area contributed by atoms with Crippen LogP contribution in [0, 0.1) is 17.8 Å². The van der Waals surface area contributed by atoms with E-state index < -0.39 is 61.6 Å². The number of phosphoric ester groups is 1. The lowest BCUT2D eigenvalue weighted by atomic mass is 9.63. The van der Waals surface area contributed by atoms with Crippen LogP contribution in [-0.4, -0.2) is 98.9 Å². The van der Waals surface area contributed by atoms with Gasteiger partial charge in [-0.2, -0.15) is 0 Å². The molecule has 6 aliphatic rings. The Morgan fingerprint density at radius 1 is 1.25 bits per heavy atom. The van der Waals surface area contributed by atoms with Crippen molar-refractivity contribution in [3.8, 4) is 0 Å². The lowest BCUT2D eigenvalue weighted by Gasteiger charge is -2.49. The molecule has 0 spiro atoms. The minimum atomic E-state index is -4.13. The number of fused-ring (bicyclic) bond motifs is 6. The van der Waals surface area contributed by atoms with Gasteiger partial charge in [0.05, 0.1) is 30.3 Å². The zero-order valence-electron chi connectivity index (χ0n) is 23.1. The minimum absolute atomic E-state index is 0.0461. The molecule has 2 N–H and O–H groups in total. The molecule has 2 aliphatic carbocycles. The number of piperidine rings is 1. The van der Waals surface area contributed by atoms with Crippen molar-refractivity contribution in [2.24, 2.45) is 17.8 Å². The third-order valence-corrected chi connectivity index (χ3v) is 12.1. The Kier molecular flexibility index (Phi) is 7.24. The number of amides is 1. The lowest BCUT2D eigenvalue weighted by molar-refractivity contribution is -0.151. The third-order valence-electron chi connectivity index (χ3n) is 8.76. The Morgan fingerprint density at radius 2 is 1.98 bits per heavy atom. The maximum Gasteiger partial charge on any atom is 0.476 e. The van der Waals surface area contributed by atoms with Crippen LogP contribution >= 0.6 is 31.8 Å². The first-order valence-electron chi connectivity index (χ1n) is 13.5. The zero-order chi connectivity index (χ0) is 28.8. The number of carbonyl (C=O) groups is 2. The summed E-state index contributed by atoms with van der Waals surface area (Å²) in [6, 6.07) is -0.630. The minimum Gasteiger partial charge on any atom is -0.469 e. The first-order chi connectivity index (χ1) is 18.7. The summed E-state index contributed by atoms with van der Waals surface area (Å²) in [4.78, 5) is 30.5. The monoisotopic (exact) mass is 617 g/mol. The van der Waals surface area contributed by atoms with Crippen molar-refractivity contribution in [2.45, 2.75) is 82.1 Å². The van der Waals surface area contributed by atoms with Crippen molar-refractivity contribution in [2.75, 3.05) is 26.4 Å². The number of aliphatic hydroxyl groups is 1. The Hall–Kier alpha value is -1.09. The number of aliphatic hydroxyl groups excluding tert-OH is 1. The highest BCUT2D eigenvalue weighted by atomic mass is 32.2. The normalized spacial score (nSPS) is 41.9. The van der Waals surface area contributed by atoms with Gasteiger partial charge in [-0.15, -0.1) is 0 Å². The molecular weight excluding hydrogens is 581 g/mol. The van der Waals surface area contributed by atoms with Gasteiger partial charge in [0.25, 0.3) is 0 Å². The molecule has 4 heterocycles. The summed E-state index contributed by atoms with van der Waals surface area (Å²) in [5.74, 6) is -1.49. The van der Waals surface area contributed by atoms with Gasteiger partial charge >= 0.3 is 7.82 Å². The second-order valence-corrected chi connectivity index (χ2v) is 15.8. The van der Waals surface area contributed by atoms with Crippen molar-refractivity contribution in [1.29, 1.82) is 0 Å². The molecule has 40 heavy (non-hydrogen) atoms. The van der Waals surface area contributed by atoms with E-state index in [0.717, 1.165) is 10.2 Å². The van der Waals surface area contributed by atoms with Crippen LogP contribution < -0.4 is 5.32 Å². The number of ether oxygens (including phenoxy) is 2. The molecule has 4 aliphatic heterocycles. The molecule has 0 aromatic rings. The fourth-order valence-corrected chi connectivity index (χ4v) is 10.2. The van der Waals surface area contributed by atoms with Crippen LogP contribution in [-0.2, 0) is 37.2 Å². The largest absolute Gasteiger partial charge is 0.476 e. The summed E-state index contributed by atoms with van der Waals surface area (Å²) in [7, 11) is -2.17. The summed E-state index contributed by atoms with van der Waals surface area (Å²) in [5.41, 5.74) is -1.26. The van der Waals surface area contributed by atoms with Crippen molar-refractivity contribution in [1.82, 2.24) is 15.1 Å². The highest BCUT2D eigenvalue weighted by molar-refractivity contribution is 8.22. The standard InChI is InChI=1S/C25H36N3O9PS2/c1-24(2,28-9-27(5)23(39)40-10-28)8-25(3,4)37-38(32)35-19-14(29)6-13-12-7-15-20(34-11-33-15)18(30)16(12)22(31)26-17(13)21(19)36-38/h7,12-14,16-17,19-21,29H,6,8-11H2,1-5H3,(H,26,31). The highest BCUT2D eigenvalue weighted by Crippen LogP contribution is 2.63. The number of allylic oxidation sites excluding steroid dienone is 1. The maximum absolute atomic E-state index is 13.9. The molecule has 9 unspecified atom stereocenters. The fourth-order valence-electron chi connectivity index (χ4n) is 7.14. The van der Waals surface area contributed by atoms with Gasteiger partial charge in [-0.05, 0) is 52.5 Å². The van der Waals surface area contributed by atoms with E-state index in [1.807, 2.05) is 25.8 Å². The maximum atomic E-state index is 13.9. The van der Waals surface area contributed by atoms with Crippen LogP contribution in [0.4, 0.5) is 0 Å². The molecule has 6 rings (SSSR count). The molecule has 9 atom stereocenters. The molecular formula is C25H36N3O9PS2. The number of hydrogen-bond acceptors (Lipinski definition) is 12. The van der Waals surface area contributed by atoms with Gasteiger partial charge in [-0.25, -0.2) is 4.57 Å². The van der Waals surface area contributed by atoms with Gasteiger partial charge in [-0.1, -0.05) is 24.0 Å². The van der Waals surface area contributed by atoms with Crippen LogP contribution in [0.15, 0.2) is 11.8 Å². The Balaban J connectivity index is 1.18. The van der Waals surface area contributed by atoms with Crippen molar-refractivity contribution in [3.05, 3.63) is 11.8 Å². The molecule has 0 radical (unpaired) electrons. The van der Waals surface area contributed by atoms with Crippen LogP contribution in [0.1, 0.15) is 40.5 Å². The second kappa shape index (κ2) is 9.99. The molecule has 0 bridgehead atoms. The quantitative estimate of drug-likeness (QED) is 0.265. The third kappa shape index (κ3) is 4.97. The second-order valence-electron chi connectivity index (χ2n) is 12.7. The number of nitrogens with one attached hydrogen (secondary N) is 1. The SMILES string of the molecule is CN1CN(C(C)(C)CC(C)(C)OP2(=O)OC3C(O)CC4C5C=C6OCOC6C(=O)C5C(=O)NC4C3O2)CSC1=S. The Labute approximate surface area is 243 Å². The van der Waals surface area contributed by atoms with Crippen molar-refractivity contribution in [3.63, 3.8) is 0 Å². The van der Waals surface area contributed by atoms with E-state index in [-0.39, 0.29) is 30.5 Å². The first kappa shape index (κ1) is 29.0. The van der Waals surface area contributed by atoms with E-state index in [9.17, 15) is 19.3 Å². The summed E-state index contributed by atoms with van der Waals surface area (Å²) >= 11 is 6.97. The average Bonchev–Trinajstić information content (AvgIpc) is 3.45. The molecule has 1 saturated carbocycles. The zero-order valence-corrected chi connectivity index (χ0v) is 25.6. The van der Waals surface area contributed by atoms with E-state index in [1.165, 1.54) is 0 Å². The average molecular weight is 618 g/mol. The fraction of sp³-hybridized carbons (Fsp3) is 0.800. The predicted octanol–water partition coefficient (Wildman–Crippen LogP) is 1.97. The highest BCUT2D eigenvalue weighted by Gasteiger charge is 2.63. The van der Waals surface area contributed by atoms with Gasteiger partial charge in [-0.3, -0.25) is 28.1 Å². The molecule has 5 fully saturated rings. The van der Waals surface area contributed by atoms with Crippen LogP contribution in [0.25, 0.3) is 0 Å². The summed E-state index contributed by atoms with van der Waals surface area (Å²) in [6.45, 7) is 8.48. The van der Waals surface area contributed by atoms with E-state index in [2.05, 4.69) is 24.1 Å². The smallest absolute Gasteiger partial charge is 0.469 e. The Morgan fingerprint density at radius 3 is 2.70 bits per heavy atom. The number of hydrogen-bond donors (Lipinski definition) is 2. The van der Waals surface area contributed by atoms with E-state index in [1.54, 1.807) is 17.8 Å². The van der Waals surface area contributed by atoms with Gasteiger partial charge in [0.1, 0.15) is 28.2 Å². The first-order valence-corrected chi connectivity index (χ1v) is 16.3. The lowest BCUT2D eigenvalue weighted by Crippen LogP contribution is -2.67. The van der Waals surface area contributed by atoms with Crippen molar-refractivity contribution >= 4 is 47.8 Å². The number of Topliss-reactive ketones (excluding diaryl/α,β-unsaturated/α-hetero) is 1. The molecule has 15 heteroatoms. The van der Waals surface area contributed by atoms with Gasteiger partial charge in [0.15, 0.2) is 18.7 Å². The van der Waals surface area contributed by atoms with Gasteiger partial charge in [0.2, 0.25) is 5.91 Å². The number of phosphoric acid groups is 1. The molecule has 1 amide bonds. The van der Waals surface area contributed by atoms with E-state index in [0.29, 0.717) is 18.8 Å². The molecule has 12 nitrogen and oxygen atoms in total. The number of carbonyl (C=O) groups excluding carboxylic acids is 2. The van der Waals surface area contributed by atoms with Crippen LogP contribution in [0.2, 0.25) is 0 Å². The number of thiocarbonyl (C=S) groups is 1. The summed E-state index contributed by atoms with van der Waals surface area (Å²) < 4.78 is 43.5. The van der Waals surface area contributed by atoms with Gasteiger partial charge < -0.3 is 24.8 Å². The number of thioether (sulfide) groups is 1. The van der Waals surface area contributed by atoms with Crippen LogP contribution in [0.5, 0.6) is 0 Å². The van der Waals surface area contributed by atoms with Crippen molar-refractivity contribution < 1.29 is 42.3 Å². The summed E-state index contributed by atoms with van der Waals surface area (Å²) in [6.07, 6.45) is -1.28. The van der Waals surface area contributed by atoms with E-state index >= 15 is 0 Å².